The molecule has 0 heterocycles. The number of esters is 1. The van der Waals surface area contributed by atoms with Gasteiger partial charge in [-0.25, -0.2) is 0 Å². The van der Waals surface area contributed by atoms with Gasteiger partial charge in [-0.2, -0.15) is 8.42 Å². The van der Waals surface area contributed by atoms with Gasteiger partial charge in [0.1, 0.15) is 12.6 Å². The molecule has 10 nitrogen and oxygen atoms in total. The molecule has 1 aromatic rings. The summed E-state index contributed by atoms with van der Waals surface area (Å²) < 4.78 is 46.5. The third kappa shape index (κ3) is 19.2. The lowest BCUT2D eigenvalue weighted by Gasteiger charge is -2.12. The van der Waals surface area contributed by atoms with E-state index in [1.165, 1.54) is 0 Å². The molecule has 1 atom stereocenters. The predicted octanol–water partition coefficient (Wildman–Crippen LogP) is -0.397. The highest BCUT2D eigenvalue weighted by Gasteiger charge is 2.15. The van der Waals surface area contributed by atoms with Gasteiger partial charge in [-0.3, -0.25) is 9.35 Å². The fourth-order valence-corrected chi connectivity index (χ4v) is 1.62. The van der Waals surface area contributed by atoms with Gasteiger partial charge in [0.25, 0.3) is 10.1 Å². The summed E-state index contributed by atoms with van der Waals surface area (Å²) in [5.74, 6) is -0.493. The highest BCUT2D eigenvalue weighted by molar-refractivity contribution is 7.85. The number of rotatable bonds is 13. The second kappa shape index (κ2) is 16.4. The lowest BCUT2D eigenvalue weighted by Crippen LogP contribution is -2.37. The number of aliphatic hydroxyl groups is 1. The molecule has 1 rings (SSSR count). The molecule has 0 aliphatic carbocycles. The molecule has 0 aromatic heterocycles. The van der Waals surface area contributed by atoms with Crippen molar-refractivity contribution in [1.29, 1.82) is 0 Å². The average Bonchev–Trinajstić information content (AvgIpc) is 2.64. The fraction of sp³-hybridized carbons (Fsp3) is 0.588. The fourth-order valence-electron chi connectivity index (χ4n) is 1.62. The highest BCUT2D eigenvalue weighted by Crippen LogP contribution is 2.01. The Hall–Kier alpha value is -1.60. The molecule has 28 heavy (non-hydrogen) atoms. The van der Waals surface area contributed by atoms with Crippen molar-refractivity contribution >= 4 is 16.1 Å². The molecular formula is C17H29NO9S. The van der Waals surface area contributed by atoms with Gasteiger partial charge in [-0.05, 0) is 5.56 Å². The van der Waals surface area contributed by atoms with Gasteiger partial charge in [0.2, 0.25) is 0 Å². The van der Waals surface area contributed by atoms with E-state index in [-0.39, 0.29) is 19.8 Å². The number of benzene rings is 1. The van der Waals surface area contributed by atoms with E-state index in [0.29, 0.717) is 39.3 Å². The molecule has 0 aliphatic rings. The largest absolute Gasteiger partial charge is 0.460 e. The summed E-state index contributed by atoms with van der Waals surface area (Å²) in [5.41, 5.74) is 6.60. The maximum atomic E-state index is 11.7. The summed E-state index contributed by atoms with van der Waals surface area (Å²) in [4.78, 5) is 11.7. The second-order valence-electron chi connectivity index (χ2n) is 5.46. The molecule has 0 radical (unpaired) electrons. The Labute approximate surface area is 165 Å². The van der Waals surface area contributed by atoms with Gasteiger partial charge in [0.15, 0.2) is 0 Å². The Morgan fingerprint density at radius 1 is 1.04 bits per heavy atom. The number of carbonyl (C=O) groups is 1. The van der Waals surface area contributed by atoms with Crippen LogP contribution < -0.4 is 5.73 Å². The van der Waals surface area contributed by atoms with Crippen LogP contribution in [0.5, 0.6) is 0 Å². The van der Waals surface area contributed by atoms with Crippen LogP contribution in [0.3, 0.4) is 0 Å². The summed E-state index contributed by atoms with van der Waals surface area (Å²) in [6.45, 7) is 2.15. The standard InChI is InChI=1S/C16H25NO6.CH4O3S/c17-15(13-22-11-10-21-9-8-20-7-6-18)16(19)23-12-14-4-2-1-3-5-14;1-5(2,3)4/h1-5,15,18H,6-13,17H2;1H3,(H,2,3,4). The first-order valence-electron chi connectivity index (χ1n) is 8.46. The van der Waals surface area contributed by atoms with Crippen LogP contribution >= 0.6 is 0 Å². The Balaban J connectivity index is 0.00000129. The molecule has 0 saturated carbocycles. The topological polar surface area (TPSA) is 155 Å². The van der Waals surface area contributed by atoms with Crippen molar-refractivity contribution in [3.63, 3.8) is 0 Å². The molecule has 0 bridgehead atoms. The van der Waals surface area contributed by atoms with E-state index in [1.54, 1.807) is 0 Å². The van der Waals surface area contributed by atoms with E-state index in [0.717, 1.165) is 5.56 Å². The van der Waals surface area contributed by atoms with Gasteiger partial charge >= 0.3 is 5.97 Å². The summed E-state index contributed by atoms with van der Waals surface area (Å²) in [6.07, 6.45) is 0.715. The van der Waals surface area contributed by atoms with Crippen LogP contribution in [0.2, 0.25) is 0 Å². The summed E-state index contributed by atoms with van der Waals surface area (Å²) >= 11 is 0. The molecular weight excluding hydrogens is 394 g/mol. The quantitative estimate of drug-likeness (QED) is 0.217. The first kappa shape index (κ1) is 26.4. The van der Waals surface area contributed by atoms with E-state index in [4.69, 9.17) is 34.3 Å². The van der Waals surface area contributed by atoms with Crippen LogP contribution in [0.15, 0.2) is 30.3 Å². The number of ether oxygens (including phenoxy) is 4. The second-order valence-corrected chi connectivity index (χ2v) is 6.92. The zero-order chi connectivity index (χ0) is 21.3. The molecule has 0 amide bonds. The van der Waals surface area contributed by atoms with E-state index in [9.17, 15) is 13.2 Å². The first-order valence-corrected chi connectivity index (χ1v) is 10.3. The minimum atomic E-state index is -3.67. The van der Waals surface area contributed by atoms with Crippen molar-refractivity contribution in [2.45, 2.75) is 12.6 Å². The Morgan fingerprint density at radius 2 is 1.54 bits per heavy atom. The zero-order valence-corrected chi connectivity index (χ0v) is 16.7. The normalized spacial score (nSPS) is 12.0. The van der Waals surface area contributed by atoms with E-state index in [2.05, 4.69) is 0 Å². The lowest BCUT2D eigenvalue weighted by molar-refractivity contribution is -0.148. The number of carbonyl (C=O) groups excluding carboxylic acids is 1. The zero-order valence-electron chi connectivity index (χ0n) is 15.9. The molecule has 4 N–H and O–H groups in total. The van der Waals surface area contributed by atoms with Crippen molar-refractivity contribution in [1.82, 2.24) is 0 Å². The van der Waals surface area contributed by atoms with Gasteiger partial charge in [0, 0.05) is 0 Å². The van der Waals surface area contributed by atoms with Gasteiger partial charge in [-0.1, -0.05) is 30.3 Å². The van der Waals surface area contributed by atoms with Crippen LogP contribution in [-0.4, -0.2) is 82.6 Å². The molecule has 11 heteroatoms. The molecule has 0 spiro atoms. The van der Waals surface area contributed by atoms with Crippen LogP contribution in [0.25, 0.3) is 0 Å². The van der Waals surface area contributed by atoms with Gasteiger partial charge in [0.05, 0.1) is 52.5 Å². The van der Waals surface area contributed by atoms with Crippen LogP contribution in [0, 0.1) is 0 Å². The molecule has 1 aromatic carbocycles. The SMILES string of the molecule is CS(=O)(=O)O.NC(COCCOCCOCCO)C(=O)OCc1ccccc1. The molecule has 0 saturated heterocycles. The average molecular weight is 423 g/mol. The van der Waals surface area contributed by atoms with Crippen molar-refractivity contribution < 1.29 is 41.8 Å². The molecule has 162 valence electrons. The summed E-state index contributed by atoms with van der Waals surface area (Å²) in [6, 6.07) is 8.58. The van der Waals surface area contributed by atoms with Crippen LogP contribution in [0.1, 0.15) is 5.56 Å². The lowest BCUT2D eigenvalue weighted by atomic mass is 10.2. The van der Waals surface area contributed by atoms with Crippen molar-refractivity contribution in [2.75, 3.05) is 52.5 Å². The number of hydrogen-bond acceptors (Lipinski definition) is 9. The van der Waals surface area contributed by atoms with Gasteiger partial charge < -0.3 is 29.8 Å². The molecule has 1 unspecified atom stereocenters. The maximum absolute atomic E-state index is 11.7. The minimum absolute atomic E-state index is 0.00136. The van der Waals surface area contributed by atoms with Crippen LogP contribution in [-0.2, 0) is 40.5 Å². The van der Waals surface area contributed by atoms with E-state index in [1.807, 2.05) is 30.3 Å². The van der Waals surface area contributed by atoms with Crippen molar-refractivity contribution in [3.05, 3.63) is 35.9 Å². The predicted molar refractivity (Wildman–Crippen MR) is 101 cm³/mol. The smallest absolute Gasteiger partial charge is 0.325 e. The Morgan fingerprint density at radius 3 is 2.07 bits per heavy atom. The molecule has 0 fully saturated rings. The number of aliphatic hydroxyl groups excluding tert-OH is 1. The number of hydrogen-bond donors (Lipinski definition) is 3. The van der Waals surface area contributed by atoms with Crippen LogP contribution in [0.4, 0.5) is 0 Å². The monoisotopic (exact) mass is 423 g/mol. The van der Waals surface area contributed by atoms with E-state index >= 15 is 0 Å². The summed E-state index contributed by atoms with van der Waals surface area (Å²) in [5, 5.41) is 8.50. The van der Waals surface area contributed by atoms with Crippen molar-refractivity contribution in [3.8, 4) is 0 Å². The first-order chi connectivity index (χ1) is 13.2. The third-order valence-electron chi connectivity index (χ3n) is 2.80. The van der Waals surface area contributed by atoms with E-state index < -0.39 is 22.1 Å². The molecule has 0 aliphatic heterocycles. The third-order valence-corrected chi connectivity index (χ3v) is 2.80. The Kier molecular flexibility index (Phi) is 15.4. The maximum Gasteiger partial charge on any atom is 0.325 e. The summed E-state index contributed by atoms with van der Waals surface area (Å²) in [7, 11) is -3.67. The minimum Gasteiger partial charge on any atom is -0.460 e. The Bertz CT molecular complexity index is 602. The van der Waals surface area contributed by atoms with Gasteiger partial charge in [-0.15, -0.1) is 0 Å². The number of nitrogens with two attached hydrogens (primary N) is 1. The van der Waals surface area contributed by atoms with Crippen molar-refractivity contribution in [2.24, 2.45) is 5.73 Å². The highest BCUT2D eigenvalue weighted by atomic mass is 32.2.